The molecule has 0 fully saturated rings. The minimum absolute atomic E-state index is 0.149. The summed E-state index contributed by atoms with van der Waals surface area (Å²) in [7, 11) is 0. The van der Waals surface area contributed by atoms with Crippen molar-refractivity contribution in [2.75, 3.05) is 17.2 Å². The highest BCUT2D eigenvalue weighted by molar-refractivity contribution is 6.37. The fourth-order valence-electron chi connectivity index (χ4n) is 1.80. The van der Waals surface area contributed by atoms with E-state index in [1.165, 1.54) is 30.3 Å². The van der Waals surface area contributed by atoms with Crippen LogP contribution in [0.2, 0.25) is 10.0 Å². The van der Waals surface area contributed by atoms with E-state index in [1.54, 1.807) is 12.1 Å². The van der Waals surface area contributed by atoms with E-state index in [2.05, 4.69) is 10.6 Å². The minimum atomic E-state index is -4.36. The molecule has 23 heavy (non-hydrogen) atoms. The zero-order chi connectivity index (χ0) is 17.0. The summed E-state index contributed by atoms with van der Waals surface area (Å²) in [6.07, 6.45) is -4.36. The van der Waals surface area contributed by atoms with Crippen LogP contribution in [0.4, 0.5) is 24.5 Å². The number of nitrogens with one attached hydrogen (secondary N) is 2. The van der Waals surface area contributed by atoms with Crippen LogP contribution in [0.25, 0.3) is 0 Å². The van der Waals surface area contributed by atoms with Crippen LogP contribution >= 0.6 is 23.2 Å². The second-order valence-electron chi connectivity index (χ2n) is 4.59. The molecule has 0 aromatic heterocycles. The maximum absolute atomic E-state index is 12.3. The molecule has 2 aromatic carbocycles. The maximum atomic E-state index is 12.3. The predicted octanol–water partition coefficient (Wildman–Crippen LogP) is 5.22. The van der Waals surface area contributed by atoms with Gasteiger partial charge in [0.2, 0.25) is 0 Å². The second kappa shape index (κ2) is 7.10. The topological polar surface area (TPSA) is 41.1 Å². The van der Waals surface area contributed by atoms with Crippen molar-refractivity contribution >= 4 is 40.5 Å². The van der Waals surface area contributed by atoms with Gasteiger partial charge in [-0.2, -0.15) is 13.2 Å². The Hall–Kier alpha value is -1.92. The molecule has 3 nitrogen and oxygen atoms in total. The number of amides is 1. The second-order valence-corrected chi connectivity index (χ2v) is 5.44. The molecule has 2 aromatic rings. The van der Waals surface area contributed by atoms with Crippen molar-refractivity contribution in [3.8, 4) is 0 Å². The van der Waals surface area contributed by atoms with Crippen LogP contribution in [0.1, 0.15) is 10.4 Å². The monoisotopic (exact) mass is 362 g/mol. The van der Waals surface area contributed by atoms with Crippen LogP contribution in [-0.4, -0.2) is 18.6 Å². The first kappa shape index (κ1) is 17.4. The normalized spacial score (nSPS) is 11.2. The lowest BCUT2D eigenvalue weighted by Crippen LogP contribution is -2.22. The number of benzene rings is 2. The molecule has 1 amide bonds. The van der Waals surface area contributed by atoms with Crippen molar-refractivity contribution in [2.24, 2.45) is 0 Å². The van der Waals surface area contributed by atoms with Crippen LogP contribution in [-0.2, 0) is 0 Å². The highest BCUT2D eigenvalue weighted by atomic mass is 35.5. The Balaban J connectivity index is 2.18. The third-order valence-electron chi connectivity index (χ3n) is 2.83. The lowest BCUT2D eigenvalue weighted by Gasteiger charge is -2.14. The Morgan fingerprint density at radius 2 is 1.70 bits per heavy atom. The lowest BCUT2D eigenvalue weighted by atomic mass is 10.2. The van der Waals surface area contributed by atoms with Gasteiger partial charge < -0.3 is 10.6 Å². The van der Waals surface area contributed by atoms with E-state index in [1.807, 2.05) is 0 Å². The zero-order valence-corrected chi connectivity index (χ0v) is 13.1. The van der Waals surface area contributed by atoms with Gasteiger partial charge in [-0.25, -0.2) is 0 Å². The van der Waals surface area contributed by atoms with Crippen molar-refractivity contribution < 1.29 is 18.0 Å². The molecule has 2 rings (SSSR count). The Kier molecular flexibility index (Phi) is 5.38. The van der Waals surface area contributed by atoms with Gasteiger partial charge in [0.05, 0.1) is 22.0 Å². The minimum Gasteiger partial charge on any atom is -0.375 e. The number of carbonyl (C=O) groups is 1. The predicted molar refractivity (Wildman–Crippen MR) is 85.4 cm³/mol. The molecular weight excluding hydrogens is 352 g/mol. The number of halogens is 5. The van der Waals surface area contributed by atoms with Crippen molar-refractivity contribution in [3.05, 3.63) is 58.1 Å². The Labute approximate surface area is 140 Å². The van der Waals surface area contributed by atoms with Crippen molar-refractivity contribution in [3.63, 3.8) is 0 Å². The Morgan fingerprint density at radius 3 is 2.30 bits per heavy atom. The van der Waals surface area contributed by atoms with Crippen LogP contribution < -0.4 is 10.6 Å². The van der Waals surface area contributed by atoms with Gasteiger partial charge >= 0.3 is 6.18 Å². The highest BCUT2D eigenvalue weighted by Gasteiger charge is 2.27. The molecule has 0 aliphatic rings. The molecule has 0 atom stereocenters. The SMILES string of the molecule is O=C(Nc1ccccc1NCC(F)(F)F)c1ccc(Cl)cc1Cl. The summed E-state index contributed by atoms with van der Waals surface area (Å²) in [5.41, 5.74) is 0.540. The highest BCUT2D eigenvalue weighted by Crippen LogP contribution is 2.26. The van der Waals surface area contributed by atoms with Gasteiger partial charge in [0, 0.05) is 5.02 Å². The summed E-state index contributed by atoms with van der Waals surface area (Å²) in [4.78, 5) is 12.2. The molecule has 0 aliphatic carbocycles. The average molecular weight is 363 g/mol. The van der Waals surface area contributed by atoms with E-state index < -0.39 is 18.6 Å². The quantitative estimate of drug-likeness (QED) is 0.782. The fourth-order valence-corrected chi connectivity index (χ4v) is 2.30. The number of hydrogen-bond acceptors (Lipinski definition) is 2. The molecule has 0 aliphatic heterocycles. The van der Waals surface area contributed by atoms with E-state index in [9.17, 15) is 18.0 Å². The van der Waals surface area contributed by atoms with Crippen LogP contribution in [0.15, 0.2) is 42.5 Å². The smallest absolute Gasteiger partial charge is 0.375 e. The van der Waals surface area contributed by atoms with Gasteiger partial charge in [-0.1, -0.05) is 35.3 Å². The molecule has 0 saturated carbocycles. The van der Waals surface area contributed by atoms with E-state index in [0.29, 0.717) is 5.02 Å². The fraction of sp³-hybridized carbons (Fsp3) is 0.133. The number of alkyl halides is 3. The zero-order valence-electron chi connectivity index (χ0n) is 11.5. The molecular formula is C15H11Cl2F3N2O. The molecule has 8 heteroatoms. The molecule has 2 N–H and O–H groups in total. The lowest BCUT2D eigenvalue weighted by molar-refractivity contribution is -0.115. The number of carbonyl (C=O) groups excluding carboxylic acids is 1. The molecule has 0 unspecified atom stereocenters. The van der Waals surface area contributed by atoms with E-state index in [0.717, 1.165) is 0 Å². The van der Waals surface area contributed by atoms with Gasteiger partial charge in [-0.05, 0) is 30.3 Å². The van der Waals surface area contributed by atoms with Crippen LogP contribution in [0.5, 0.6) is 0 Å². The first-order valence-corrected chi connectivity index (χ1v) is 7.18. The molecule has 0 bridgehead atoms. The van der Waals surface area contributed by atoms with Gasteiger partial charge in [0.1, 0.15) is 6.54 Å². The third-order valence-corrected chi connectivity index (χ3v) is 3.38. The largest absolute Gasteiger partial charge is 0.405 e. The number of para-hydroxylation sites is 2. The summed E-state index contributed by atoms with van der Waals surface area (Å²) in [5.74, 6) is -0.548. The van der Waals surface area contributed by atoms with Crippen molar-refractivity contribution in [1.29, 1.82) is 0 Å². The van der Waals surface area contributed by atoms with Crippen LogP contribution in [0.3, 0.4) is 0 Å². The number of anilines is 2. The average Bonchev–Trinajstić information content (AvgIpc) is 2.45. The van der Waals surface area contributed by atoms with Gasteiger partial charge in [0.25, 0.3) is 5.91 Å². The summed E-state index contributed by atoms with van der Waals surface area (Å²) in [6, 6.07) is 10.4. The summed E-state index contributed by atoms with van der Waals surface area (Å²) in [5, 5.41) is 5.29. The number of rotatable bonds is 4. The van der Waals surface area contributed by atoms with Crippen LogP contribution in [0, 0.1) is 0 Å². The molecule has 122 valence electrons. The standard InChI is InChI=1S/C15H11Cl2F3N2O/c16-9-5-6-10(11(17)7-9)14(23)22-13-4-2-1-3-12(13)21-8-15(18,19)20/h1-7,21H,8H2,(H,22,23). The van der Waals surface area contributed by atoms with E-state index in [-0.39, 0.29) is 22.0 Å². The number of hydrogen-bond donors (Lipinski definition) is 2. The first-order chi connectivity index (χ1) is 10.8. The van der Waals surface area contributed by atoms with Gasteiger partial charge in [0.15, 0.2) is 0 Å². The summed E-state index contributed by atoms with van der Waals surface area (Å²) >= 11 is 11.7. The summed E-state index contributed by atoms with van der Waals surface area (Å²) in [6.45, 7) is -1.21. The van der Waals surface area contributed by atoms with E-state index >= 15 is 0 Å². The van der Waals surface area contributed by atoms with Crippen molar-refractivity contribution in [1.82, 2.24) is 0 Å². The van der Waals surface area contributed by atoms with Crippen molar-refractivity contribution in [2.45, 2.75) is 6.18 Å². The summed E-state index contributed by atoms with van der Waals surface area (Å²) < 4.78 is 36.9. The molecule has 0 radical (unpaired) electrons. The Morgan fingerprint density at radius 1 is 1.04 bits per heavy atom. The maximum Gasteiger partial charge on any atom is 0.405 e. The Bertz CT molecular complexity index is 720. The van der Waals surface area contributed by atoms with Gasteiger partial charge in [-0.15, -0.1) is 0 Å². The third kappa shape index (κ3) is 5.04. The van der Waals surface area contributed by atoms with E-state index in [4.69, 9.17) is 23.2 Å². The van der Waals surface area contributed by atoms with Gasteiger partial charge in [-0.3, -0.25) is 4.79 Å². The molecule has 0 spiro atoms. The molecule has 0 heterocycles. The first-order valence-electron chi connectivity index (χ1n) is 6.42. The molecule has 0 saturated heterocycles.